The van der Waals surface area contributed by atoms with Crippen LogP contribution in [-0.4, -0.2) is 34.6 Å². The minimum absolute atomic E-state index is 0.0201. The summed E-state index contributed by atoms with van der Waals surface area (Å²) < 4.78 is 0. The highest BCUT2D eigenvalue weighted by molar-refractivity contribution is 6.31. The van der Waals surface area contributed by atoms with Gasteiger partial charge >= 0.3 is 0 Å². The Morgan fingerprint density at radius 3 is 2.53 bits per heavy atom. The minimum atomic E-state index is -1.38. The van der Waals surface area contributed by atoms with Crippen molar-refractivity contribution in [3.63, 3.8) is 0 Å². The summed E-state index contributed by atoms with van der Waals surface area (Å²) in [5.74, 6) is -3.42. The molecule has 0 saturated carbocycles. The maximum absolute atomic E-state index is 13.7. The summed E-state index contributed by atoms with van der Waals surface area (Å²) in [6.07, 6.45) is 0.277. The Kier molecular flexibility index (Phi) is 4.79. The summed E-state index contributed by atoms with van der Waals surface area (Å²) >= 11 is 6.27. The number of imide groups is 1. The van der Waals surface area contributed by atoms with Crippen LogP contribution in [-0.2, 0) is 31.3 Å². The van der Waals surface area contributed by atoms with Crippen LogP contribution in [0.1, 0.15) is 24.0 Å². The van der Waals surface area contributed by atoms with E-state index in [0.717, 1.165) is 0 Å². The second-order valence-electron chi connectivity index (χ2n) is 8.42. The van der Waals surface area contributed by atoms with E-state index in [1.165, 1.54) is 4.90 Å². The first-order valence-corrected chi connectivity index (χ1v) is 10.8. The molecule has 0 radical (unpaired) electrons. The molecule has 2 fully saturated rings. The molecule has 3 aliphatic heterocycles. The Morgan fingerprint density at radius 1 is 1.06 bits per heavy atom. The average molecular weight is 453 g/mol. The number of nitrogens with zero attached hydrogens (tertiary/aromatic N) is 1. The molecule has 9 heteroatoms. The molecule has 0 unspecified atom stereocenters. The quantitative estimate of drug-likeness (QED) is 0.594. The van der Waals surface area contributed by atoms with Crippen LogP contribution in [0.4, 0.5) is 5.69 Å². The van der Waals surface area contributed by atoms with Crippen molar-refractivity contribution in [2.45, 2.75) is 31.0 Å². The maximum atomic E-state index is 13.7. The SMILES string of the molecule is NC(=O)CC[C@@H]1N[C@@]2(C(=O)Nc3ccccc32)[C@@H]2C(=O)N(Cc3ccccc3Cl)C(=O)[C@@H]12. The van der Waals surface area contributed by atoms with Gasteiger partial charge in [0.15, 0.2) is 0 Å². The molecular formula is C23H21ClN4O4. The summed E-state index contributed by atoms with van der Waals surface area (Å²) in [6, 6.07) is 13.6. The van der Waals surface area contributed by atoms with Gasteiger partial charge in [0.1, 0.15) is 5.54 Å². The molecule has 2 aromatic carbocycles. The zero-order valence-electron chi connectivity index (χ0n) is 17.0. The molecule has 4 N–H and O–H groups in total. The third-order valence-corrected chi connectivity index (χ3v) is 7.07. The van der Waals surface area contributed by atoms with Gasteiger partial charge in [-0.3, -0.25) is 29.4 Å². The van der Waals surface area contributed by atoms with Crippen molar-refractivity contribution in [1.29, 1.82) is 0 Å². The second-order valence-corrected chi connectivity index (χ2v) is 8.83. The summed E-state index contributed by atoms with van der Waals surface area (Å²) in [7, 11) is 0. The van der Waals surface area contributed by atoms with Gasteiger partial charge in [0.2, 0.25) is 23.6 Å². The van der Waals surface area contributed by atoms with Gasteiger partial charge in [-0.1, -0.05) is 48.0 Å². The largest absolute Gasteiger partial charge is 0.370 e. The number of hydrogen-bond donors (Lipinski definition) is 3. The number of halogens is 1. The predicted octanol–water partition coefficient (Wildman–Crippen LogP) is 1.53. The number of nitrogens with one attached hydrogen (secondary N) is 2. The molecule has 4 amide bonds. The van der Waals surface area contributed by atoms with Gasteiger partial charge in [-0.15, -0.1) is 0 Å². The van der Waals surface area contributed by atoms with Gasteiger partial charge in [-0.2, -0.15) is 0 Å². The number of para-hydroxylation sites is 1. The Labute approximate surface area is 189 Å². The number of benzene rings is 2. The first-order chi connectivity index (χ1) is 15.3. The fraction of sp³-hybridized carbons (Fsp3) is 0.304. The van der Waals surface area contributed by atoms with Crippen molar-refractivity contribution in [3.05, 3.63) is 64.7 Å². The monoisotopic (exact) mass is 452 g/mol. The second kappa shape index (κ2) is 7.43. The molecular weight excluding hydrogens is 432 g/mol. The molecule has 3 heterocycles. The summed E-state index contributed by atoms with van der Waals surface area (Å²) in [5, 5.41) is 6.56. The highest BCUT2D eigenvalue weighted by atomic mass is 35.5. The van der Waals surface area contributed by atoms with Crippen LogP contribution in [0.5, 0.6) is 0 Å². The van der Waals surface area contributed by atoms with Crippen LogP contribution < -0.4 is 16.4 Å². The molecule has 4 atom stereocenters. The van der Waals surface area contributed by atoms with Gasteiger partial charge in [-0.25, -0.2) is 0 Å². The van der Waals surface area contributed by atoms with E-state index in [4.69, 9.17) is 17.3 Å². The van der Waals surface area contributed by atoms with Gasteiger partial charge in [0, 0.05) is 28.7 Å². The lowest BCUT2D eigenvalue weighted by Crippen LogP contribution is -2.53. The number of anilines is 1. The van der Waals surface area contributed by atoms with E-state index in [2.05, 4.69) is 10.6 Å². The molecule has 0 aliphatic carbocycles. The molecule has 0 aromatic heterocycles. The summed E-state index contributed by atoms with van der Waals surface area (Å²) in [5.41, 5.74) is 5.83. The molecule has 2 saturated heterocycles. The van der Waals surface area contributed by atoms with E-state index < -0.39 is 35.2 Å². The molecule has 32 heavy (non-hydrogen) atoms. The lowest BCUT2D eigenvalue weighted by atomic mass is 9.76. The van der Waals surface area contributed by atoms with E-state index in [0.29, 0.717) is 21.8 Å². The number of likely N-dealkylation sites (tertiary alicyclic amines) is 1. The molecule has 1 spiro atoms. The Bertz CT molecular complexity index is 1170. The number of rotatable bonds is 5. The number of primary amides is 1. The lowest BCUT2D eigenvalue weighted by molar-refractivity contribution is -0.143. The fourth-order valence-corrected chi connectivity index (χ4v) is 5.51. The average Bonchev–Trinajstić information content (AvgIpc) is 3.34. The van der Waals surface area contributed by atoms with Crippen molar-refractivity contribution in [3.8, 4) is 0 Å². The highest BCUT2D eigenvalue weighted by Crippen LogP contribution is 2.53. The van der Waals surface area contributed by atoms with E-state index in [9.17, 15) is 19.2 Å². The fourth-order valence-electron chi connectivity index (χ4n) is 5.32. The lowest BCUT2D eigenvalue weighted by Gasteiger charge is -2.29. The summed E-state index contributed by atoms with van der Waals surface area (Å²) in [4.78, 5) is 53.1. The van der Waals surface area contributed by atoms with Crippen molar-refractivity contribution in [2.75, 3.05) is 5.32 Å². The van der Waals surface area contributed by atoms with Crippen LogP contribution in [0, 0.1) is 11.8 Å². The molecule has 3 aliphatic rings. The number of fused-ring (bicyclic) bond motifs is 4. The Balaban J connectivity index is 1.58. The Morgan fingerprint density at radius 2 is 1.78 bits per heavy atom. The number of carbonyl (C=O) groups excluding carboxylic acids is 4. The van der Waals surface area contributed by atoms with Crippen LogP contribution in [0.25, 0.3) is 0 Å². The smallest absolute Gasteiger partial charge is 0.250 e. The summed E-state index contributed by atoms with van der Waals surface area (Å²) in [6.45, 7) is 0.0201. The van der Waals surface area contributed by atoms with E-state index >= 15 is 0 Å². The predicted molar refractivity (Wildman–Crippen MR) is 116 cm³/mol. The first kappa shape index (κ1) is 20.7. The van der Waals surface area contributed by atoms with E-state index in [1.54, 1.807) is 48.5 Å². The third-order valence-electron chi connectivity index (χ3n) is 6.70. The van der Waals surface area contributed by atoms with Gasteiger partial charge in [0.05, 0.1) is 18.4 Å². The third kappa shape index (κ3) is 2.87. The maximum Gasteiger partial charge on any atom is 0.250 e. The number of hydrogen-bond acceptors (Lipinski definition) is 5. The van der Waals surface area contributed by atoms with E-state index in [1.807, 2.05) is 0 Å². The van der Waals surface area contributed by atoms with Crippen LogP contribution in [0.15, 0.2) is 48.5 Å². The zero-order chi connectivity index (χ0) is 22.6. The number of carbonyl (C=O) groups is 4. The Hall–Kier alpha value is -3.23. The van der Waals surface area contributed by atoms with Gasteiger partial charge < -0.3 is 11.1 Å². The highest BCUT2D eigenvalue weighted by Gasteiger charge is 2.70. The number of amides is 4. The van der Waals surface area contributed by atoms with Crippen LogP contribution in [0.3, 0.4) is 0 Å². The normalized spacial score (nSPS) is 28.2. The first-order valence-electron chi connectivity index (χ1n) is 10.4. The van der Waals surface area contributed by atoms with Gasteiger partial charge in [-0.05, 0) is 24.1 Å². The zero-order valence-corrected chi connectivity index (χ0v) is 17.8. The van der Waals surface area contributed by atoms with Crippen LogP contribution >= 0.6 is 11.6 Å². The standard InChI is InChI=1S/C23H21ClN4O4/c24-14-7-3-1-5-12(14)11-28-20(30)18-16(9-10-17(25)29)27-23(19(18)21(28)31)13-6-2-4-8-15(13)26-22(23)32/h1-8,16,18-19,27H,9-11H2,(H2,25,29)(H,26,32)/t16-,18-,19-,23+/m0/s1. The minimum Gasteiger partial charge on any atom is -0.370 e. The van der Waals surface area contributed by atoms with E-state index in [-0.39, 0.29) is 31.2 Å². The van der Waals surface area contributed by atoms with Gasteiger partial charge in [0.25, 0.3) is 0 Å². The van der Waals surface area contributed by atoms with Crippen molar-refractivity contribution in [1.82, 2.24) is 10.2 Å². The van der Waals surface area contributed by atoms with Crippen molar-refractivity contribution >= 4 is 40.9 Å². The topological polar surface area (TPSA) is 122 Å². The van der Waals surface area contributed by atoms with Crippen molar-refractivity contribution in [2.24, 2.45) is 17.6 Å². The molecule has 8 nitrogen and oxygen atoms in total. The van der Waals surface area contributed by atoms with Crippen LogP contribution in [0.2, 0.25) is 5.02 Å². The molecule has 5 rings (SSSR count). The molecule has 0 bridgehead atoms. The number of nitrogens with two attached hydrogens (primary N) is 1. The van der Waals surface area contributed by atoms with Crippen molar-refractivity contribution < 1.29 is 19.2 Å². The molecule has 2 aromatic rings. The molecule has 164 valence electrons.